The maximum absolute atomic E-state index is 13.2. The van der Waals surface area contributed by atoms with Crippen molar-refractivity contribution in [1.29, 1.82) is 0 Å². The van der Waals surface area contributed by atoms with Crippen molar-refractivity contribution in [2.24, 2.45) is 4.99 Å². The summed E-state index contributed by atoms with van der Waals surface area (Å²) in [4.78, 5) is 45.1. The summed E-state index contributed by atoms with van der Waals surface area (Å²) < 4.78 is 9.38. The summed E-state index contributed by atoms with van der Waals surface area (Å²) in [6.07, 6.45) is 1.97. The van der Waals surface area contributed by atoms with Gasteiger partial charge in [0, 0.05) is 57.1 Å². The van der Waals surface area contributed by atoms with Crippen LogP contribution in [0.25, 0.3) is 26.8 Å². The van der Waals surface area contributed by atoms with Gasteiger partial charge >= 0.3 is 0 Å². The van der Waals surface area contributed by atoms with Crippen LogP contribution < -0.4 is 10.6 Å². The normalized spacial score (nSPS) is 13.7. The number of nitrogens with one attached hydrogen (secondary N) is 2. The van der Waals surface area contributed by atoms with Gasteiger partial charge in [0.25, 0.3) is 11.8 Å². The Kier molecular flexibility index (Phi) is 10.4. The predicted molar refractivity (Wildman–Crippen MR) is 209 cm³/mol. The van der Waals surface area contributed by atoms with Gasteiger partial charge in [-0.25, -0.2) is 0 Å². The van der Waals surface area contributed by atoms with E-state index < -0.39 is 6.04 Å². The number of nitrogens with zero attached hydrogens (tertiary/aromatic N) is 5. The van der Waals surface area contributed by atoms with Gasteiger partial charge in [-0.3, -0.25) is 28.5 Å². The summed E-state index contributed by atoms with van der Waals surface area (Å²) in [5.41, 5.74) is 5.84. The molecular formula is C40H38ClN7O4S. The average Bonchev–Trinajstić information content (AvgIpc) is 3.77. The fourth-order valence-electron chi connectivity index (χ4n) is 6.67. The predicted octanol–water partition coefficient (Wildman–Crippen LogP) is 7.08. The van der Waals surface area contributed by atoms with E-state index in [9.17, 15) is 14.4 Å². The van der Waals surface area contributed by atoms with Gasteiger partial charge in [0.1, 0.15) is 16.9 Å². The Morgan fingerprint density at radius 2 is 1.72 bits per heavy atom. The van der Waals surface area contributed by atoms with Gasteiger partial charge in [-0.1, -0.05) is 48.5 Å². The van der Waals surface area contributed by atoms with E-state index in [1.54, 1.807) is 28.0 Å². The van der Waals surface area contributed by atoms with E-state index in [1.165, 1.54) is 11.0 Å². The topological polar surface area (TPSA) is 132 Å². The fourth-order valence-corrected chi connectivity index (χ4v) is 8.01. The van der Waals surface area contributed by atoms with Crippen LogP contribution in [0.1, 0.15) is 67.3 Å². The number of aliphatic imine (C=N–C) groups is 1. The number of fused-ring (bicyclic) bond motifs is 6. The second-order valence-corrected chi connectivity index (χ2v) is 14.4. The largest absolute Gasteiger partial charge is 0.380 e. The Hall–Kier alpha value is -5.43. The third-order valence-corrected chi connectivity index (χ3v) is 10.8. The van der Waals surface area contributed by atoms with Crippen LogP contribution in [0.5, 0.6) is 0 Å². The molecule has 4 heterocycles. The molecule has 1 atom stereocenters. The van der Waals surface area contributed by atoms with Crippen LogP contribution in [0.3, 0.4) is 0 Å². The first kappa shape index (κ1) is 36.0. The minimum absolute atomic E-state index is 0.0884. The van der Waals surface area contributed by atoms with E-state index in [2.05, 4.69) is 41.3 Å². The zero-order valence-corrected chi connectivity index (χ0v) is 31.2. The number of para-hydroxylation sites is 1. The van der Waals surface area contributed by atoms with E-state index in [1.807, 2.05) is 66.1 Å². The standard InChI is InChI=1S/C40H38ClN7O4S/c1-5-35(50)48-32-10-7-6-9-29(32)30-21-27(13-16-33(30)48)39(51)43-17-8-19-52-20-18-42-34(49)22-31-38-46-45-25(4)47(38)40-36(23(2)24(3)53-40)37(44-31)26-11-14-28(41)15-12-26/h5-7,9-16,21,31H,1,8,17-20,22H2,2-4H3,(H,42,49)(H,43,51)/t31-/m0/s1. The Labute approximate surface area is 315 Å². The molecule has 0 saturated carbocycles. The van der Waals surface area contributed by atoms with Crippen LogP contribution in [-0.2, 0) is 9.53 Å². The molecule has 0 radical (unpaired) electrons. The number of halogens is 1. The van der Waals surface area contributed by atoms with E-state index >= 15 is 0 Å². The van der Waals surface area contributed by atoms with Crippen LogP contribution in [-0.4, -0.2) is 69.1 Å². The molecule has 3 aromatic carbocycles. The zero-order chi connectivity index (χ0) is 37.2. The highest BCUT2D eigenvalue weighted by Gasteiger charge is 2.32. The van der Waals surface area contributed by atoms with Crippen molar-refractivity contribution in [2.45, 2.75) is 39.7 Å². The number of hydrogen-bond acceptors (Lipinski definition) is 8. The monoisotopic (exact) mass is 747 g/mol. The molecule has 1 aliphatic rings. The zero-order valence-electron chi connectivity index (χ0n) is 29.6. The first-order chi connectivity index (χ1) is 25.7. The van der Waals surface area contributed by atoms with Crippen LogP contribution in [0.15, 0.2) is 84.4 Å². The molecule has 11 nitrogen and oxygen atoms in total. The molecule has 2 amide bonds. The molecule has 13 heteroatoms. The van der Waals surface area contributed by atoms with E-state index in [-0.39, 0.29) is 24.1 Å². The molecule has 0 unspecified atom stereocenters. The highest BCUT2D eigenvalue weighted by molar-refractivity contribution is 7.15. The molecule has 2 N–H and O–H groups in total. The molecule has 0 bridgehead atoms. The van der Waals surface area contributed by atoms with E-state index in [0.29, 0.717) is 49.1 Å². The van der Waals surface area contributed by atoms with E-state index in [4.69, 9.17) is 21.3 Å². The molecule has 7 rings (SSSR count). The Balaban J connectivity index is 0.919. The second kappa shape index (κ2) is 15.3. The molecule has 0 saturated heterocycles. The minimum Gasteiger partial charge on any atom is -0.380 e. The van der Waals surface area contributed by atoms with Crippen molar-refractivity contribution in [3.63, 3.8) is 0 Å². The van der Waals surface area contributed by atoms with Crippen molar-refractivity contribution in [3.05, 3.63) is 123 Å². The van der Waals surface area contributed by atoms with Gasteiger partial charge in [-0.2, -0.15) is 0 Å². The number of carbonyl (C=O) groups excluding carboxylic acids is 3. The first-order valence-electron chi connectivity index (χ1n) is 17.3. The van der Waals surface area contributed by atoms with Gasteiger partial charge in [-0.05, 0) is 75.2 Å². The minimum atomic E-state index is -0.556. The summed E-state index contributed by atoms with van der Waals surface area (Å²) in [6.45, 7) is 11.2. The molecule has 3 aromatic heterocycles. The molecule has 270 valence electrons. The number of benzene rings is 3. The number of amides is 2. The smallest absolute Gasteiger partial charge is 0.254 e. The Bertz CT molecular complexity index is 2420. The number of aromatic nitrogens is 4. The first-order valence-corrected chi connectivity index (χ1v) is 18.5. The third kappa shape index (κ3) is 7.05. The lowest BCUT2D eigenvalue weighted by molar-refractivity contribution is -0.121. The van der Waals surface area contributed by atoms with Crippen molar-refractivity contribution >= 4 is 68.2 Å². The average molecular weight is 748 g/mol. The quantitative estimate of drug-likeness (QED) is 0.102. The van der Waals surface area contributed by atoms with Gasteiger partial charge in [0.2, 0.25) is 5.91 Å². The number of allylic oxidation sites excluding steroid dienone is 1. The maximum Gasteiger partial charge on any atom is 0.254 e. The maximum atomic E-state index is 13.2. The summed E-state index contributed by atoms with van der Waals surface area (Å²) in [7, 11) is 0. The summed E-state index contributed by atoms with van der Waals surface area (Å²) >= 11 is 7.88. The molecule has 0 fully saturated rings. The summed E-state index contributed by atoms with van der Waals surface area (Å²) in [6, 6.07) is 19.9. The van der Waals surface area contributed by atoms with Gasteiger partial charge in [0.05, 0.1) is 29.8 Å². The number of hydrogen-bond donors (Lipinski definition) is 2. The van der Waals surface area contributed by atoms with E-state index in [0.717, 1.165) is 55.0 Å². The van der Waals surface area contributed by atoms with Crippen molar-refractivity contribution < 1.29 is 19.1 Å². The molecule has 1 aliphatic heterocycles. The fraction of sp³-hybridized carbons (Fsp3) is 0.250. The number of ether oxygens (including phenoxy) is 1. The van der Waals surface area contributed by atoms with Crippen molar-refractivity contribution in [1.82, 2.24) is 30.0 Å². The number of aryl methyl sites for hydroxylation is 2. The number of rotatable bonds is 12. The highest BCUT2D eigenvalue weighted by Crippen LogP contribution is 2.39. The lowest BCUT2D eigenvalue weighted by Crippen LogP contribution is -2.29. The van der Waals surface area contributed by atoms with Crippen LogP contribution >= 0.6 is 22.9 Å². The second-order valence-electron chi connectivity index (χ2n) is 12.8. The molecule has 53 heavy (non-hydrogen) atoms. The lowest BCUT2D eigenvalue weighted by atomic mass is 9.99. The highest BCUT2D eigenvalue weighted by atomic mass is 35.5. The third-order valence-electron chi connectivity index (χ3n) is 9.39. The Morgan fingerprint density at radius 3 is 2.51 bits per heavy atom. The molecule has 0 spiro atoms. The molecule has 0 aliphatic carbocycles. The molecular weight excluding hydrogens is 710 g/mol. The van der Waals surface area contributed by atoms with Gasteiger partial charge in [-0.15, -0.1) is 21.5 Å². The van der Waals surface area contributed by atoms with Crippen molar-refractivity contribution in [3.8, 4) is 5.00 Å². The lowest BCUT2D eigenvalue weighted by Gasteiger charge is -2.13. The van der Waals surface area contributed by atoms with Crippen LogP contribution in [0, 0.1) is 20.8 Å². The van der Waals surface area contributed by atoms with Crippen LogP contribution in [0.4, 0.5) is 0 Å². The Morgan fingerprint density at radius 1 is 0.943 bits per heavy atom. The van der Waals surface area contributed by atoms with Crippen LogP contribution in [0.2, 0.25) is 5.02 Å². The number of carbonyl (C=O) groups is 3. The molecule has 6 aromatic rings. The van der Waals surface area contributed by atoms with Crippen molar-refractivity contribution in [2.75, 3.05) is 26.3 Å². The SMILES string of the molecule is C=CC(=O)n1c2ccccc2c2cc(C(=O)NCCCOCCNC(=O)C[C@@H]3N=C(c4ccc(Cl)cc4)c4c(sc(C)c4C)-n4c(C)nnc43)ccc21. The van der Waals surface area contributed by atoms with Gasteiger partial charge < -0.3 is 15.4 Å². The summed E-state index contributed by atoms with van der Waals surface area (Å²) in [5.74, 6) is 0.740. The number of thiophene rings is 1. The van der Waals surface area contributed by atoms with Gasteiger partial charge in [0.15, 0.2) is 5.82 Å². The summed E-state index contributed by atoms with van der Waals surface area (Å²) in [5, 5.41) is 18.1.